The van der Waals surface area contributed by atoms with E-state index in [-0.39, 0.29) is 11.6 Å². The molecular formula is C15H25NO2. The molecule has 0 radical (unpaired) electrons. The molecule has 1 atom stereocenters. The molecular weight excluding hydrogens is 226 g/mol. The molecule has 1 unspecified atom stereocenters. The molecule has 0 aliphatic carbocycles. The van der Waals surface area contributed by atoms with E-state index in [0.717, 1.165) is 17.7 Å². The highest BCUT2D eigenvalue weighted by Crippen LogP contribution is 2.25. The lowest BCUT2D eigenvalue weighted by Crippen LogP contribution is -2.38. The van der Waals surface area contributed by atoms with Crippen molar-refractivity contribution in [1.29, 1.82) is 0 Å². The van der Waals surface area contributed by atoms with E-state index in [9.17, 15) is 5.11 Å². The largest absolute Gasteiger partial charge is 0.508 e. The summed E-state index contributed by atoms with van der Waals surface area (Å²) < 4.78 is 5.64. The molecule has 0 bridgehead atoms. The van der Waals surface area contributed by atoms with E-state index >= 15 is 0 Å². The van der Waals surface area contributed by atoms with Crippen LogP contribution in [0.4, 0.5) is 0 Å². The van der Waals surface area contributed by atoms with Crippen molar-refractivity contribution < 1.29 is 9.84 Å². The standard InChI is InChI=1S/C15H25NO2/c1-6-18-15(4,5)10-16-12(3)13-8-7-11(2)9-14(13)17/h7-9,12,16-17H,6,10H2,1-5H3. The first-order chi connectivity index (χ1) is 8.35. The van der Waals surface area contributed by atoms with Gasteiger partial charge < -0.3 is 15.2 Å². The fourth-order valence-electron chi connectivity index (χ4n) is 1.97. The Morgan fingerprint density at radius 3 is 2.61 bits per heavy atom. The van der Waals surface area contributed by atoms with Gasteiger partial charge in [-0.05, 0) is 46.2 Å². The van der Waals surface area contributed by atoms with Crippen molar-refractivity contribution >= 4 is 0 Å². The van der Waals surface area contributed by atoms with Gasteiger partial charge in [0.2, 0.25) is 0 Å². The van der Waals surface area contributed by atoms with E-state index in [1.165, 1.54) is 0 Å². The Morgan fingerprint density at radius 1 is 1.39 bits per heavy atom. The first-order valence-corrected chi connectivity index (χ1v) is 6.52. The number of nitrogens with one attached hydrogen (secondary N) is 1. The number of aryl methyl sites for hydroxylation is 1. The molecule has 0 aliphatic heterocycles. The number of hydrogen-bond donors (Lipinski definition) is 2. The minimum Gasteiger partial charge on any atom is -0.508 e. The molecule has 0 amide bonds. The minimum absolute atomic E-state index is 0.102. The molecule has 2 N–H and O–H groups in total. The molecule has 18 heavy (non-hydrogen) atoms. The first-order valence-electron chi connectivity index (χ1n) is 6.52. The molecule has 102 valence electrons. The van der Waals surface area contributed by atoms with Crippen LogP contribution in [-0.4, -0.2) is 23.9 Å². The molecule has 0 heterocycles. The maximum atomic E-state index is 9.92. The number of aromatic hydroxyl groups is 1. The van der Waals surface area contributed by atoms with Crippen LogP contribution in [0.3, 0.4) is 0 Å². The van der Waals surface area contributed by atoms with Gasteiger partial charge in [-0.25, -0.2) is 0 Å². The molecule has 1 aromatic rings. The zero-order valence-electron chi connectivity index (χ0n) is 12.1. The summed E-state index contributed by atoms with van der Waals surface area (Å²) in [5, 5.41) is 13.3. The van der Waals surface area contributed by atoms with Gasteiger partial charge >= 0.3 is 0 Å². The summed E-state index contributed by atoms with van der Waals surface area (Å²) in [6.07, 6.45) is 0. The summed E-state index contributed by atoms with van der Waals surface area (Å²) in [5.41, 5.74) is 1.80. The number of benzene rings is 1. The van der Waals surface area contributed by atoms with Crippen molar-refractivity contribution in [2.24, 2.45) is 0 Å². The smallest absolute Gasteiger partial charge is 0.120 e. The third-order valence-electron chi connectivity index (χ3n) is 3.02. The maximum absolute atomic E-state index is 9.92. The van der Waals surface area contributed by atoms with Crippen LogP contribution in [0.5, 0.6) is 5.75 Å². The lowest BCUT2D eigenvalue weighted by molar-refractivity contribution is -0.0103. The van der Waals surface area contributed by atoms with E-state index in [1.807, 2.05) is 32.9 Å². The van der Waals surface area contributed by atoms with Crippen LogP contribution < -0.4 is 5.32 Å². The zero-order valence-corrected chi connectivity index (χ0v) is 12.1. The third kappa shape index (κ3) is 4.31. The molecule has 0 saturated carbocycles. The Morgan fingerprint density at radius 2 is 2.06 bits per heavy atom. The molecule has 0 saturated heterocycles. The highest BCUT2D eigenvalue weighted by molar-refractivity contribution is 5.37. The highest BCUT2D eigenvalue weighted by atomic mass is 16.5. The van der Waals surface area contributed by atoms with Gasteiger partial charge in [0.05, 0.1) is 5.60 Å². The third-order valence-corrected chi connectivity index (χ3v) is 3.02. The second-order valence-electron chi connectivity index (χ2n) is 5.36. The monoisotopic (exact) mass is 251 g/mol. The summed E-state index contributed by atoms with van der Waals surface area (Å²) in [4.78, 5) is 0. The Hall–Kier alpha value is -1.06. The van der Waals surface area contributed by atoms with Crippen LogP contribution in [0.25, 0.3) is 0 Å². The molecule has 1 aromatic carbocycles. The van der Waals surface area contributed by atoms with Gasteiger partial charge in [0.15, 0.2) is 0 Å². The average Bonchev–Trinajstić information content (AvgIpc) is 2.26. The lowest BCUT2D eigenvalue weighted by atomic mass is 10.0. The highest BCUT2D eigenvalue weighted by Gasteiger charge is 2.19. The summed E-state index contributed by atoms with van der Waals surface area (Å²) in [5.74, 6) is 0.351. The van der Waals surface area contributed by atoms with Gasteiger partial charge in [0.25, 0.3) is 0 Å². The maximum Gasteiger partial charge on any atom is 0.120 e. The molecule has 3 nitrogen and oxygen atoms in total. The van der Waals surface area contributed by atoms with Crippen molar-refractivity contribution in [2.45, 2.75) is 46.3 Å². The summed E-state index contributed by atoms with van der Waals surface area (Å²) in [6.45, 7) is 11.6. The number of rotatable bonds is 6. The molecule has 0 fully saturated rings. The van der Waals surface area contributed by atoms with Crippen LogP contribution >= 0.6 is 0 Å². The summed E-state index contributed by atoms with van der Waals surface area (Å²) >= 11 is 0. The zero-order chi connectivity index (χ0) is 13.8. The molecule has 0 spiro atoms. The minimum atomic E-state index is -0.191. The van der Waals surface area contributed by atoms with Crippen molar-refractivity contribution in [3.8, 4) is 5.75 Å². The van der Waals surface area contributed by atoms with Crippen LogP contribution in [0, 0.1) is 6.92 Å². The van der Waals surface area contributed by atoms with Gasteiger partial charge in [-0.15, -0.1) is 0 Å². The number of hydrogen-bond acceptors (Lipinski definition) is 3. The van der Waals surface area contributed by atoms with Crippen LogP contribution in [0.15, 0.2) is 18.2 Å². The topological polar surface area (TPSA) is 41.5 Å². The SMILES string of the molecule is CCOC(C)(C)CNC(C)c1ccc(C)cc1O. The Balaban J connectivity index is 2.63. The van der Waals surface area contributed by atoms with Gasteiger partial charge in [-0.3, -0.25) is 0 Å². The van der Waals surface area contributed by atoms with Crippen molar-refractivity contribution in [3.05, 3.63) is 29.3 Å². The molecule has 1 rings (SSSR count). The number of phenolic OH excluding ortho intramolecular Hbond substituents is 1. The Labute approximate surface area is 110 Å². The molecule has 0 aliphatic rings. The fraction of sp³-hybridized carbons (Fsp3) is 0.600. The van der Waals surface area contributed by atoms with Gasteiger partial charge in [-0.2, -0.15) is 0 Å². The molecule has 0 aromatic heterocycles. The second-order valence-corrected chi connectivity index (χ2v) is 5.36. The Kier molecular flexibility index (Phi) is 5.17. The van der Waals surface area contributed by atoms with E-state index in [1.54, 1.807) is 6.07 Å². The van der Waals surface area contributed by atoms with Gasteiger partial charge in [0, 0.05) is 24.8 Å². The van der Waals surface area contributed by atoms with Crippen LogP contribution in [0.1, 0.15) is 44.9 Å². The lowest BCUT2D eigenvalue weighted by Gasteiger charge is -2.27. The van der Waals surface area contributed by atoms with Gasteiger partial charge in [0.1, 0.15) is 5.75 Å². The van der Waals surface area contributed by atoms with E-state index in [4.69, 9.17) is 4.74 Å². The Bertz CT molecular complexity index is 388. The first kappa shape index (κ1) is 15.0. The normalized spacial score (nSPS) is 13.6. The molecule has 3 heteroatoms. The average molecular weight is 251 g/mol. The number of phenols is 1. The van der Waals surface area contributed by atoms with Crippen molar-refractivity contribution in [2.75, 3.05) is 13.2 Å². The van der Waals surface area contributed by atoms with Gasteiger partial charge in [-0.1, -0.05) is 12.1 Å². The summed E-state index contributed by atoms with van der Waals surface area (Å²) in [7, 11) is 0. The van der Waals surface area contributed by atoms with Crippen LogP contribution in [-0.2, 0) is 4.74 Å². The van der Waals surface area contributed by atoms with E-state index in [2.05, 4.69) is 19.2 Å². The predicted molar refractivity (Wildman–Crippen MR) is 75.0 cm³/mol. The van der Waals surface area contributed by atoms with Crippen molar-refractivity contribution in [1.82, 2.24) is 5.32 Å². The van der Waals surface area contributed by atoms with Crippen molar-refractivity contribution in [3.63, 3.8) is 0 Å². The number of ether oxygens (including phenoxy) is 1. The quantitative estimate of drug-likeness (QED) is 0.816. The van der Waals surface area contributed by atoms with Crippen LogP contribution in [0.2, 0.25) is 0 Å². The van der Waals surface area contributed by atoms with E-state index < -0.39 is 0 Å². The summed E-state index contributed by atoms with van der Waals surface area (Å²) in [6, 6.07) is 5.88. The predicted octanol–water partition coefficient (Wildman–Crippen LogP) is 3.17. The fourth-order valence-corrected chi connectivity index (χ4v) is 1.97. The second kappa shape index (κ2) is 6.21. The van der Waals surface area contributed by atoms with E-state index in [0.29, 0.717) is 12.4 Å².